The Hall–Kier alpha value is -2.52. The number of nitrogens with zero attached hydrogens (tertiary/aromatic N) is 2. The quantitative estimate of drug-likeness (QED) is 0.463. The van der Waals surface area contributed by atoms with E-state index in [-0.39, 0.29) is 22.8 Å². The van der Waals surface area contributed by atoms with Gasteiger partial charge in [0.15, 0.2) is 0 Å². The van der Waals surface area contributed by atoms with Crippen LogP contribution in [-0.4, -0.2) is 33.5 Å². The van der Waals surface area contributed by atoms with Crippen LogP contribution < -0.4 is 5.32 Å². The average Bonchev–Trinajstić information content (AvgIpc) is 2.56. The third-order valence-corrected chi connectivity index (χ3v) is 4.24. The highest BCUT2D eigenvalue weighted by molar-refractivity contribution is 7.83. The van der Waals surface area contributed by atoms with Gasteiger partial charge in [0.25, 0.3) is 0 Å². The van der Waals surface area contributed by atoms with Crippen molar-refractivity contribution in [3.63, 3.8) is 0 Å². The van der Waals surface area contributed by atoms with E-state index >= 15 is 0 Å². The Morgan fingerprint density at radius 1 is 1.44 bits per heavy atom. The molecule has 0 aliphatic carbocycles. The Bertz CT molecular complexity index is 859. The molecular weight excluding hydrogens is 370 g/mol. The van der Waals surface area contributed by atoms with E-state index in [4.69, 9.17) is 11.6 Å². The molecule has 1 atom stereocenters. The Balaban J connectivity index is 2.38. The summed E-state index contributed by atoms with van der Waals surface area (Å²) in [5.74, 6) is -0.504. The van der Waals surface area contributed by atoms with Gasteiger partial charge in [0.1, 0.15) is 0 Å². The summed E-state index contributed by atoms with van der Waals surface area (Å²) >= 11 is 6.06. The summed E-state index contributed by atoms with van der Waals surface area (Å²) in [5.41, 5.74) is 0.726. The summed E-state index contributed by atoms with van der Waals surface area (Å²) < 4.78 is 15.9. The van der Waals surface area contributed by atoms with E-state index in [1.165, 1.54) is 13.3 Å². The fraction of sp³-hybridized carbons (Fsp3) is 0.200. The first-order valence-corrected chi connectivity index (χ1v) is 9.00. The van der Waals surface area contributed by atoms with E-state index in [1.54, 1.807) is 24.5 Å². The zero-order valence-corrected chi connectivity index (χ0v) is 14.9. The van der Waals surface area contributed by atoms with Crippen molar-refractivity contribution < 1.29 is 18.7 Å². The summed E-state index contributed by atoms with van der Waals surface area (Å²) in [6.07, 6.45) is 2.73. The first kappa shape index (κ1) is 18.8. The minimum absolute atomic E-state index is 0.0297. The maximum Gasteiger partial charge on any atom is 0.339 e. The van der Waals surface area contributed by atoms with Crippen molar-refractivity contribution in [2.45, 2.75) is 5.75 Å². The highest BCUT2D eigenvalue weighted by Gasteiger charge is 2.20. The van der Waals surface area contributed by atoms with Crippen molar-refractivity contribution in [1.29, 1.82) is 0 Å². The molecule has 1 aromatic carbocycles. The highest BCUT2D eigenvalue weighted by Crippen LogP contribution is 2.29. The molecule has 0 radical (unpaired) electrons. The van der Waals surface area contributed by atoms with Crippen molar-refractivity contribution in [3.05, 3.63) is 56.7 Å². The molecular formula is C15H14ClN3O5S. The number of anilines is 2. The van der Waals surface area contributed by atoms with E-state index in [9.17, 15) is 19.1 Å². The molecule has 132 valence electrons. The van der Waals surface area contributed by atoms with Gasteiger partial charge in [-0.25, -0.2) is 9.78 Å². The van der Waals surface area contributed by atoms with Crippen LogP contribution in [0.3, 0.4) is 0 Å². The number of methoxy groups -OCH3 is 1. The Labute approximate surface area is 150 Å². The second-order valence-corrected chi connectivity index (χ2v) is 6.83. The topological polar surface area (TPSA) is 111 Å². The van der Waals surface area contributed by atoms with Gasteiger partial charge in [-0.15, -0.1) is 0 Å². The van der Waals surface area contributed by atoms with Crippen molar-refractivity contribution >= 4 is 45.6 Å². The molecule has 0 aliphatic rings. The van der Waals surface area contributed by atoms with E-state index < -0.39 is 21.7 Å². The first-order valence-electron chi connectivity index (χ1n) is 6.90. The average molecular weight is 384 g/mol. The van der Waals surface area contributed by atoms with E-state index in [1.807, 2.05) is 0 Å². The number of esters is 1. The number of hydrogen-bond donors (Lipinski definition) is 1. The molecule has 8 nitrogen and oxygen atoms in total. The normalized spacial score (nSPS) is 11.6. The van der Waals surface area contributed by atoms with Gasteiger partial charge in [0.2, 0.25) is 5.82 Å². The largest absolute Gasteiger partial charge is 0.465 e. The first-order chi connectivity index (χ1) is 11.8. The maximum atomic E-state index is 11.5. The van der Waals surface area contributed by atoms with Crippen molar-refractivity contribution in [3.8, 4) is 0 Å². The van der Waals surface area contributed by atoms with Gasteiger partial charge in [-0.2, -0.15) is 0 Å². The second kappa shape index (κ2) is 8.04. The van der Waals surface area contributed by atoms with E-state index in [2.05, 4.69) is 15.0 Å². The number of pyridine rings is 1. The molecule has 0 saturated carbocycles. The van der Waals surface area contributed by atoms with Crippen LogP contribution >= 0.6 is 11.6 Å². The summed E-state index contributed by atoms with van der Waals surface area (Å²) in [7, 11) is 0.0836. The third kappa shape index (κ3) is 4.74. The van der Waals surface area contributed by atoms with Crippen LogP contribution in [0, 0.1) is 10.1 Å². The van der Waals surface area contributed by atoms with Crippen LogP contribution in [0.1, 0.15) is 15.9 Å². The lowest BCUT2D eigenvalue weighted by molar-refractivity contribution is -0.384. The zero-order chi connectivity index (χ0) is 18.6. The SMILES string of the molecule is COC(=O)c1cnc(Nc2ccc(Cl)c(CS(C)=O)c2)c([N+](=O)[O-])c1. The van der Waals surface area contributed by atoms with Crippen molar-refractivity contribution in [2.24, 2.45) is 0 Å². The lowest BCUT2D eigenvalue weighted by atomic mass is 10.2. The maximum absolute atomic E-state index is 11.5. The molecule has 10 heteroatoms. The number of nitro groups is 1. The number of carbonyl (C=O) groups is 1. The predicted octanol–water partition coefficient (Wildman–Crippen LogP) is 3.05. The van der Waals surface area contributed by atoms with E-state index in [0.717, 1.165) is 6.07 Å². The number of nitrogens with one attached hydrogen (secondary N) is 1. The fourth-order valence-electron chi connectivity index (χ4n) is 2.04. The number of rotatable bonds is 6. The monoisotopic (exact) mass is 383 g/mol. The van der Waals surface area contributed by atoms with E-state index in [0.29, 0.717) is 16.3 Å². The number of carbonyl (C=O) groups excluding carboxylic acids is 1. The van der Waals surface area contributed by atoms with Crippen molar-refractivity contribution in [2.75, 3.05) is 18.7 Å². The Morgan fingerprint density at radius 2 is 2.16 bits per heavy atom. The molecule has 2 rings (SSSR count). The van der Waals surface area contributed by atoms with Crippen LogP contribution in [0.25, 0.3) is 0 Å². The third-order valence-electron chi connectivity index (χ3n) is 3.15. The van der Waals surface area contributed by atoms with Crippen molar-refractivity contribution in [1.82, 2.24) is 4.98 Å². The number of ether oxygens (including phenoxy) is 1. The van der Waals surface area contributed by atoms with Gasteiger partial charge in [-0.05, 0) is 23.8 Å². The van der Waals surface area contributed by atoms with Crippen LogP contribution in [0.15, 0.2) is 30.5 Å². The lowest BCUT2D eigenvalue weighted by Crippen LogP contribution is -2.06. The lowest BCUT2D eigenvalue weighted by Gasteiger charge is -2.10. The Morgan fingerprint density at radius 3 is 2.76 bits per heavy atom. The van der Waals surface area contributed by atoms with Gasteiger partial charge in [0, 0.05) is 45.8 Å². The summed E-state index contributed by atoms with van der Waals surface area (Å²) in [6, 6.07) is 5.94. The molecule has 2 aromatic rings. The second-order valence-electron chi connectivity index (χ2n) is 4.99. The molecule has 25 heavy (non-hydrogen) atoms. The number of hydrogen-bond acceptors (Lipinski definition) is 7. The summed E-state index contributed by atoms with van der Waals surface area (Å²) in [4.78, 5) is 26.0. The Kier molecular flexibility index (Phi) is 6.05. The van der Waals surface area contributed by atoms with Gasteiger partial charge in [0.05, 0.1) is 17.6 Å². The summed E-state index contributed by atoms with van der Waals surface area (Å²) in [5, 5.41) is 14.5. The summed E-state index contributed by atoms with van der Waals surface area (Å²) in [6.45, 7) is 0. The molecule has 1 N–H and O–H groups in total. The molecule has 0 aliphatic heterocycles. The van der Waals surface area contributed by atoms with Gasteiger partial charge in [-0.3, -0.25) is 14.3 Å². The standard InChI is InChI=1S/C15H14ClN3O5S/c1-24-15(20)9-6-13(19(21)22)14(17-7-9)18-11-3-4-12(16)10(5-11)8-25(2)23/h3-7H,8H2,1-2H3,(H,17,18). The van der Waals surface area contributed by atoms with Crippen LogP contribution in [0.2, 0.25) is 5.02 Å². The molecule has 0 bridgehead atoms. The molecule has 0 saturated heterocycles. The number of aromatic nitrogens is 1. The molecule has 0 spiro atoms. The predicted molar refractivity (Wildman–Crippen MR) is 94.7 cm³/mol. The molecule has 1 unspecified atom stereocenters. The van der Waals surface area contributed by atoms with Gasteiger partial charge < -0.3 is 10.1 Å². The minimum atomic E-state index is -1.09. The van der Waals surface area contributed by atoms with Gasteiger partial charge >= 0.3 is 11.7 Å². The zero-order valence-electron chi connectivity index (χ0n) is 13.3. The number of benzene rings is 1. The molecule has 0 amide bonds. The molecule has 1 aromatic heterocycles. The fourth-order valence-corrected chi connectivity index (χ4v) is 2.98. The minimum Gasteiger partial charge on any atom is -0.465 e. The molecule has 1 heterocycles. The van der Waals surface area contributed by atoms with Gasteiger partial charge in [-0.1, -0.05) is 11.6 Å². The number of halogens is 1. The van der Waals surface area contributed by atoms with Crippen LogP contribution in [0.4, 0.5) is 17.2 Å². The van der Waals surface area contributed by atoms with Crippen LogP contribution in [-0.2, 0) is 21.3 Å². The molecule has 0 fully saturated rings. The van der Waals surface area contributed by atoms with Crippen LogP contribution in [0.5, 0.6) is 0 Å². The smallest absolute Gasteiger partial charge is 0.339 e. The highest BCUT2D eigenvalue weighted by atomic mass is 35.5.